The molecule has 0 aliphatic carbocycles. The molecule has 0 atom stereocenters. The number of hydrogen-bond donors (Lipinski definition) is 0. The molecule has 0 aliphatic rings. The van der Waals surface area contributed by atoms with Crippen molar-refractivity contribution in [2.24, 2.45) is 0 Å². The van der Waals surface area contributed by atoms with E-state index in [9.17, 15) is 0 Å². The fourth-order valence-electron chi connectivity index (χ4n) is 1.21. The van der Waals surface area contributed by atoms with E-state index in [-0.39, 0.29) is 0 Å². The van der Waals surface area contributed by atoms with Crippen molar-refractivity contribution < 1.29 is 4.42 Å². The summed E-state index contributed by atoms with van der Waals surface area (Å²) in [5.41, 5.74) is 1.37. The second-order valence-electron chi connectivity index (χ2n) is 2.77. The molecule has 0 saturated carbocycles. The molecular formula is C11H4N3O. The van der Waals surface area contributed by atoms with E-state index < -0.39 is 0 Å². The van der Waals surface area contributed by atoms with E-state index in [1.165, 1.54) is 12.3 Å². The Morgan fingerprint density at radius 1 is 1.27 bits per heavy atom. The first-order valence-electron chi connectivity index (χ1n) is 4.11. The summed E-state index contributed by atoms with van der Waals surface area (Å²) in [4.78, 5) is 3.89. The Balaban J connectivity index is 2.60. The summed E-state index contributed by atoms with van der Waals surface area (Å²) in [6, 6.07) is 8.70. The minimum absolute atomic E-state index is 0.330. The second-order valence-corrected chi connectivity index (χ2v) is 2.77. The smallest absolute Gasteiger partial charge is 0.228 e. The molecule has 0 saturated heterocycles. The molecule has 0 bridgehead atoms. The molecule has 1 heterocycles. The van der Waals surface area contributed by atoms with Gasteiger partial charge in [-0.1, -0.05) is 0 Å². The van der Waals surface area contributed by atoms with Crippen LogP contribution in [-0.2, 0) is 0 Å². The summed E-state index contributed by atoms with van der Waals surface area (Å²) < 4.78 is 4.97. The summed E-state index contributed by atoms with van der Waals surface area (Å²) in [5, 5.41) is 17.6. The Morgan fingerprint density at radius 3 is 2.73 bits per heavy atom. The van der Waals surface area contributed by atoms with Gasteiger partial charge in [-0.2, -0.15) is 10.5 Å². The largest absolute Gasteiger partial charge is 0.433 e. The Labute approximate surface area is 86.0 Å². The summed E-state index contributed by atoms with van der Waals surface area (Å²) in [7, 11) is 0. The molecule has 0 fully saturated rings. The number of oxazole rings is 1. The van der Waals surface area contributed by atoms with Gasteiger partial charge in [0.1, 0.15) is 0 Å². The van der Waals surface area contributed by atoms with Gasteiger partial charge in [-0.25, -0.2) is 4.98 Å². The molecule has 0 amide bonds. The third-order valence-corrected chi connectivity index (χ3v) is 1.89. The molecule has 0 N–H and O–H groups in total. The first-order valence-corrected chi connectivity index (χ1v) is 4.11. The summed E-state index contributed by atoms with van der Waals surface area (Å²) in [6.45, 7) is 0. The van der Waals surface area contributed by atoms with Gasteiger partial charge in [0.25, 0.3) is 0 Å². The van der Waals surface area contributed by atoms with Crippen molar-refractivity contribution in [1.82, 2.24) is 4.98 Å². The van der Waals surface area contributed by atoms with Crippen molar-refractivity contribution in [2.75, 3.05) is 0 Å². The second kappa shape index (κ2) is 3.65. The van der Waals surface area contributed by atoms with Crippen LogP contribution in [-0.4, -0.2) is 4.98 Å². The van der Waals surface area contributed by atoms with Crippen LogP contribution in [0.1, 0.15) is 11.1 Å². The molecular weight excluding hydrogens is 190 g/mol. The van der Waals surface area contributed by atoms with Gasteiger partial charge >= 0.3 is 0 Å². The lowest BCUT2D eigenvalue weighted by Crippen LogP contribution is -1.86. The number of hydrogen-bond acceptors (Lipinski definition) is 4. The van der Waals surface area contributed by atoms with Crippen molar-refractivity contribution in [3.05, 3.63) is 41.8 Å². The Bertz CT molecular complexity index is 559. The molecule has 0 unspecified atom stereocenters. The lowest BCUT2D eigenvalue weighted by Gasteiger charge is -1.98. The third kappa shape index (κ3) is 1.56. The van der Waals surface area contributed by atoms with Crippen LogP contribution < -0.4 is 0 Å². The predicted octanol–water partition coefficient (Wildman–Crippen LogP) is 1.89. The molecule has 1 aromatic heterocycles. The minimum atomic E-state index is 0.330. The van der Waals surface area contributed by atoms with E-state index in [4.69, 9.17) is 14.9 Å². The van der Waals surface area contributed by atoms with E-state index in [1.807, 2.05) is 12.1 Å². The summed E-state index contributed by atoms with van der Waals surface area (Å²) in [5.74, 6) is 0.330. The van der Waals surface area contributed by atoms with Crippen LogP contribution in [0.15, 0.2) is 28.8 Å². The maximum Gasteiger partial charge on any atom is 0.228 e. The fraction of sp³-hybridized carbons (Fsp3) is 0. The zero-order chi connectivity index (χ0) is 10.7. The number of rotatable bonds is 1. The van der Waals surface area contributed by atoms with E-state index in [0.717, 1.165) is 0 Å². The van der Waals surface area contributed by atoms with E-state index >= 15 is 0 Å². The number of benzene rings is 1. The SMILES string of the molecule is N#Cc1ccc(-c2nc[c]o2)c(C#N)c1. The zero-order valence-electron chi connectivity index (χ0n) is 7.56. The Hall–Kier alpha value is -2.59. The average molecular weight is 194 g/mol. The average Bonchev–Trinajstić information content (AvgIpc) is 2.81. The van der Waals surface area contributed by atoms with Gasteiger partial charge in [0.05, 0.1) is 35.0 Å². The normalized spacial score (nSPS) is 9.20. The van der Waals surface area contributed by atoms with Crippen LogP contribution >= 0.6 is 0 Å². The van der Waals surface area contributed by atoms with Crippen LogP contribution in [0.25, 0.3) is 11.5 Å². The number of aromatic nitrogens is 1. The van der Waals surface area contributed by atoms with Gasteiger partial charge in [0, 0.05) is 0 Å². The van der Waals surface area contributed by atoms with Crippen molar-refractivity contribution in [3.8, 4) is 23.6 Å². The molecule has 69 valence electrons. The monoisotopic (exact) mass is 194 g/mol. The van der Waals surface area contributed by atoms with Gasteiger partial charge in [-0.15, -0.1) is 0 Å². The quantitative estimate of drug-likeness (QED) is 0.694. The molecule has 0 spiro atoms. The third-order valence-electron chi connectivity index (χ3n) is 1.89. The number of nitrogens with zero attached hydrogens (tertiary/aromatic N) is 3. The van der Waals surface area contributed by atoms with Crippen LogP contribution in [0.4, 0.5) is 0 Å². The van der Waals surface area contributed by atoms with E-state index in [0.29, 0.717) is 22.6 Å². The highest BCUT2D eigenvalue weighted by Crippen LogP contribution is 2.22. The van der Waals surface area contributed by atoms with Gasteiger partial charge in [0.2, 0.25) is 5.89 Å². The van der Waals surface area contributed by atoms with Crippen LogP contribution in [0.5, 0.6) is 0 Å². The fourth-order valence-corrected chi connectivity index (χ4v) is 1.21. The van der Waals surface area contributed by atoms with Crippen molar-refractivity contribution >= 4 is 0 Å². The molecule has 0 aliphatic heterocycles. The standard InChI is InChI=1S/C11H4N3O/c12-6-8-1-2-10(9(5-8)7-13)11-14-3-4-15-11/h1-3,5H. The van der Waals surface area contributed by atoms with Crippen molar-refractivity contribution in [1.29, 1.82) is 10.5 Å². The first kappa shape index (κ1) is 8.98. The summed E-state index contributed by atoms with van der Waals surface area (Å²) >= 11 is 0. The van der Waals surface area contributed by atoms with E-state index in [2.05, 4.69) is 11.2 Å². The molecule has 15 heavy (non-hydrogen) atoms. The van der Waals surface area contributed by atoms with Crippen LogP contribution in [0, 0.1) is 28.9 Å². The predicted molar refractivity (Wildman–Crippen MR) is 50.2 cm³/mol. The molecule has 2 rings (SSSR count). The Morgan fingerprint density at radius 2 is 2.13 bits per heavy atom. The van der Waals surface area contributed by atoms with E-state index in [1.54, 1.807) is 12.1 Å². The Kier molecular flexibility index (Phi) is 2.19. The maximum atomic E-state index is 8.90. The number of nitriles is 2. The topological polar surface area (TPSA) is 73.6 Å². The highest BCUT2D eigenvalue weighted by atomic mass is 16.3. The maximum absolute atomic E-state index is 8.90. The van der Waals surface area contributed by atoms with Crippen LogP contribution in [0.3, 0.4) is 0 Å². The lowest BCUT2D eigenvalue weighted by atomic mass is 10.1. The van der Waals surface area contributed by atoms with Gasteiger partial charge in [-0.3, -0.25) is 0 Å². The van der Waals surface area contributed by atoms with Crippen molar-refractivity contribution in [3.63, 3.8) is 0 Å². The highest BCUT2D eigenvalue weighted by Gasteiger charge is 2.09. The van der Waals surface area contributed by atoms with Crippen LogP contribution in [0.2, 0.25) is 0 Å². The minimum Gasteiger partial charge on any atom is -0.433 e. The molecule has 1 aromatic carbocycles. The van der Waals surface area contributed by atoms with Gasteiger partial charge in [-0.05, 0) is 18.2 Å². The summed E-state index contributed by atoms with van der Waals surface area (Å²) in [6.07, 6.45) is 3.83. The molecule has 4 nitrogen and oxygen atoms in total. The molecule has 4 heteroatoms. The highest BCUT2D eigenvalue weighted by molar-refractivity contribution is 5.64. The molecule has 2 aromatic rings. The lowest BCUT2D eigenvalue weighted by molar-refractivity contribution is 0.565. The first-order chi connectivity index (χ1) is 7.35. The molecule has 1 radical (unpaired) electrons. The zero-order valence-corrected chi connectivity index (χ0v) is 7.56. The van der Waals surface area contributed by atoms with Crippen molar-refractivity contribution in [2.45, 2.75) is 0 Å². The van der Waals surface area contributed by atoms with Gasteiger partial charge < -0.3 is 4.42 Å². The van der Waals surface area contributed by atoms with Gasteiger partial charge in [0.15, 0.2) is 6.26 Å².